The van der Waals surface area contributed by atoms with Crippen LogP contribution in [-0.2, 0) is 6.42 Å². The first-order chi connectivity index (χ1) is 7.66. The first kappa shape index (κ1) is 10.7. The van der Waals surface area contributed by atoms with E-state index in [9.17, 15) is 0 Å². The van der Waals surface area contributed by atoms with E-state index in [0.717, 1.165) is 6.42 Å². The van der Waals surface area contributed by atoms with Crippen molar-refractivity contribution in [3.05, 3.63) is 58.8 Å². The molecule has 2 rings (SSSR count). The van der Waals surface area contributed by atoms with Crippen LogP contribution >= 0.6 is 0 Å². The Balaban J connectivity index is 2.31. The highest BCUT2D eigenvalue weighted by molar-refractivity contribution is 5.39. The van der Waals surface area contributed by atoms with Gasteiger partial charge in [-0.05, 0) is 54.7 Å². The van der Waals surface area contributed by atoms with E-state index in [4.69, 9.17) is 5.73 Å². The van der Waals surface area contributed by atoms with Gasteiger partial charge >= 0.3 is 0 Å². The van der Waals surface area contributed by atoms with Gasteiger partial charge in [-0.3, -0.25) is 0 Å². The summed E-state index contributed by atoms with van der Waals surface area (Å²) in [4.78, 5) is 4.00. The molecule has 0 atom stereocenters. The van der Waals surface area contributed by atoms with E-state index in [2.05, 4.69) is 37.0 Å². The van der Waals surface area contributed by atoms with Gasteiger partial charge in [0.15, 0.2) is 0 Å². The van der Waals surface area contributed by atoms with E-state index < -0.39 is 0 Å². The van der Waals surface area contributed by atoms with Gasteiger partial charge in [-0.1, -0.05) is 18.2 Å². The Morgan fingerprint density at radius 1 is 1.19 bits per heavy atom. The molecule has 0 radical (unpaired) electrons. The fourth-order valence-electron chi connectivity index (χ4n) is 1.83. The van der Waals surface area contributed by atoms with Crippen LogP contribution in [0.15, 0.2) is 36.5 Å². The molecule has 2 N–H and O–H groups in total. The summed E-state index contributed by atoms with van der Waals surface area (Å²) in [6.45, 7) is 4.30. The molecule has 16 heavy (non-hydrogen) atoms. The fraction of sp³-hybridized carbons (Fsp3) is 0.214. The van der Waals surface area contributed by atoms with Gasteiger partial charge in [0.05, 0.1) is 0 Å². The fourth-order valence-corrected chi connectivity index (χ4v) is 1.83. The molecule has 0 amide bonds. The Hall–Kier alpha value is -1.83. The lowest BCUT2D eigenvalue weighted by Gasteiger charge is -2.08. The van der Waals surface area contributed by atoms with Crippen molar-refractivity contribution in [3.63, 3.8) is 0 Å². The average Bonchev–Trinajstić information content (AvgIpc) is 2.25. The summed E-state index contributed by atoms with van der Waals surface area (Å²) in [5.41, 5.74) is 10.9. The van der Waals surface area contributed by atoms with Gasteiger partial charge in [-0.15, -0.1) is 0 Å². The molecule has 2 nitrogen and oxygen atoms in total. The number of nitrogens with two attached hydrogens (primary N) is 1. The molecule has 0 saturated heterocycles. The second-order valence-corrected chi connectivity index (χ2v) is 4.12. The van der Waals surface area contributed by atoms with Crippen LogP contribution in [-0.4, -0.2) is 4.98 Å². The number of aromatic nitrogens is 1. The predicted octanol–water partition coefficient (Wildman–Crippen LogP) is 2.87. The van der Waals surface area contributed by atoms with E-state index in [-0.39, 0.29) is 0 Å². The topological polar surface area (TPSA) is 38.9 Å². The van der Waals surface area contributed by atoms with Crippen LogP contribution in [0.5, 0.6) is 0 Å². The Kier molecular flexibility index (Phi) is 2.91. The van der Waals surface area contributed by atoms with E-state index in [1.807, 2.05) is 12.1 Å². The molecule has 2 aromatic rings. The van der Waals surface area contributed by atoms with Gasteiger partial charge in [0.25, 0.3) is 0 Å². The van der Waals surface area contributed by atoms with Gasteiger partial charge < -0.3 is 5.73 Å². The average molecular weight is 212 g/mol. The van der Waals surface area contributed by atoms with Gasteiger partial charge in [0, 0.05) is 6.20 Å². The van der Waals surface area contributed by atoms with Crippen molar-refractivity contribution in [2.75, 3.05) is 5.73 Å². The summed E-state index contributed by atoms with van der Waals surface area (Å²) in [5.74, 6) is 0.586. The summed E-state index contributed by atoms with van der Waals surface area (Å²) in [6, 6.07) is 10.3. The summed E-state index contributed by atoms with van der Waals surface area (Å²) in [6.07, 6.45) is 2.68. The molecular weight excluding hydrogens is 196 g/mol. The maximum absolute atomic E-state index is 5.67. The number of hydrogen-bond acceptors (Lipinski definition) is 2. The van der Waals surface area contributed by atoms with Crippen LogP contribution in [0.25, 0.3) is 0 Å². The zero-order valence-electron chi connectivity index (χ0n) is 9.70. The molecule has 0 aliphatic heterocycles. The van der Waals surface area contributed by atoms with Crippen molar-refractivity contribution in [3.8, 4) is 0 Å². The normalized spacial score (nSPS) is 10.4. The standard InChI is InChI=1S/C14H16N2/c1-10-4-3-5-13(11(10)2)8-12-6-7-16-14(15)9-12/h3-7,9H,8H2,1-2H3,(H2,15,16). The lowest BCUT2D eigenvalue weighted by molar-refractivity contribution is 1.12. The van der Waals surface area contributed by atoms with Crippen molar-refractivity contribution in [1.82, 2.24) is 4.98 Å². The number of rotatable bonds is 2. The summed E-state index contributed by atoms with van der Waals surface area (Å²) >= 11 is 0. The van der Waals surface area contributed by atoms with E-state index in [0.29, 0.717) is 5.82 Å². The molecule has 2 heteroatoms. The predicted molar refractivity (Wildman–Crippen MR) is 67.4 cm³/mol. The molecule has 0 aliphatic rings. The third-order valence-electron chi connectivity index (χ3n) is 2.96. The van der Waals surface area contributed by atoms with Gasteiger partial charge in [-0.2, -0.15) is 0 Å². The van der Waals surface area contributed by atoms with Crippen molar-refractivity contribution in [2.45, 2.75) is 20.3 Å². The second kappa shape index (κ2) is 4.35. The number of nitrogen functional groups attached to an aromatic ring is 1. The molecule has 1 aromatic carbocycles. The van der Waals surface area contributed by atoms with E-state index in [1.165, 1.54) is 22.3 Å². The second-order valence-electron chi connectivity index (χ2n) is 4.12. The van der Waals surface area contributed by atoms with Gasteiger partial charge in [0.2, 0.25) is 0 Å². The van der Waals surface area contributed by atoms with Crippen molar-refractivity contribution >= 4 is 5.82 Å². The molecular formula is C14H16N2. The zero-order valence-corrected chi connectivity index (χ0v) is 9.70. The van der Waals surface area contributed by atoms with Crippen molar-refractivity contribution in [2.24, 2.45) is 0 Å². The van der Waals surface area contributed by atoms with Gasteiger partial charge in [-0.25, -0.2) is 4.98 Å². The molecule has 0 aliphatic carbocycles. The smallest absolute Gasteiger partial charge is 0.123 e. The monoisotopic (exact) mass is 212 g/mol. The Labute approximate surface area is 96.1 Å². The van der Waals surface area contributed by atoms with Crippen LogP contribution in [0.2, 0.25) is 0 Å². The lowest BCUT2D eigenvalue weighted by atomic mass is 9.98. The zero-order chi connectivity index (χ0) is 11.5. The largest absolute Gasteiger partial charge is 0.384 e. The minimum Gasteiger partial charge on any atom is -0.384 e. The molecule has 1 aromatic heterocycles. The number of nitrogens with zero attached hydrogens (tertiary/aromatic N) is 1. The summed E-state index contributed by atoms with van der Waals surface area (Å²) in [7, 11) is 0. The minimum absolute atomic E-state index is 0.586. The highest BCUT2D eigenvalue weighted by atomic mass is 14.8. The summed E-state index contributed by atoms with van der Waals surface area (Å²) in [5, 5.41) is 0. The molecule has 0 unspecified atom stereocenters. The van der Waals surface area contributed by atoms with E-state index in [1.54, 1.807) is 6.20 Å². The van der Waals surface area contributed by atoms with Crippen molar-refractivity contribution in [1.29, 1.82) is 0 Å². The highest BCUT2D eigenvalue weighted by Crippen LogP contribution is 2.17. The molecule has 0 saturated carbocycles. The number of hydrogen-bond donors (Lipinski definition) is 1. The molecule has 0 fully saturated rings. The quantitative estimate of drug-likeness (QED) is 0.831. The number of aryl methyl sites for hydroxylation is 1. The third-order valence-corrected chi connectivity index (χ3v) is 2.96. The summed E-state index contributed by atoms with van der Waals surface area (Å²) < 4.78 is 0. The highest BCUT2D eigenvalue weighted by Gasteiger charge is 2.02. The van der Waals surface area contributed by atoms with Crippen LogP contribution in [0.1, 0.15) is 22.3 Å². The van der Waals surface area contributed by atoms with Crippen LogP contribution < -0.4 is 5.73 Å². The van der Waals surface area contributed by atoms with Crippen LogP contribution in [0.4, 0.5) is 5.82 Å². The van der Waals surface area contributed by atoms with Crippen molar-refractivity contribution < 1.29 is 0 Å². The molecule has 0 spiro atoms. The third kappa shape index (κ3) is 2.22. The molecule has 0 bridgehead atoms. The maximum atomic E-state index is 5.67. The first-order valence-corrected chi connectivity index (χ1v) is 5.42. The minimum atomic E-state index is 0.586. The first-order valence-electron chi connectivity index (χ1n) is 5.42. The lowest BCUT2D eigenvalue weighted by Crippen LogP contribution is -1.96. The number of benzene rings is 1. The van der Waals surface area contributed by atoms with Gasteiger partial charge in [0.1, 0.15) is 5.82 Å². The van der Waals surface area contributed by atoms with Crippen LogP contribution in [0.3, 0.4) is 0 Å². The SMILES string of the molecule is Cc1cccc(Cc2ccnc(N)c2)c1C. The van der Waals surface area contributed by atoms with Crippen LogP contribution in [0, 0.1) is 13.8 Å². The molecule has 82 valence electrons. The molecule has 1 heterocycles. The Bertz CT molecular complexity index is 504. The Morgan fingerprint density at radius 2 is 2.00 bits per heavy atom. The number of anilines is 1. The number of pyridine rings is 1. The Morgan fingerprint density at radius 3 is 2.75 bits per heavy atom. The van der Waals surface area contributed by atoms with E-state index >= 15 is 0 Å². The maximum Gasteiger partial charge on any atom is 0.123 e.